The first-order valence-corrected chi connectivity index (χ1v) is 18.8. The Morgan fingerprint density at radius 1 is 0.375 bits per heavy atom. The van der Waals surface area contributed by atoms with Gasteiger partial charge in [-0.3, -0.25) is 0 Å². The summed E-state index contributed by atoms with van der Waals surface area (Å²) in [5, 5.41) is 10.3. The van der Waals surface area contributed by atoms with Crippen LogP contribution in [0, 0.1) is 11.3 Å². The predicted octanol–water partition coefficient (Wildman–Crippen LogP) is 11.6. The van der Waals surface area contributed by atoms with Gasteiger partial charge in [0.2, 0.25) is 0 Å². The summed E-state index contributed by atoms with van der Waals surface area (Å²) in [4.78, 5) is 29.9. The fourth-order valence-electron chi connectivity index (χ4n) is 7.12. The molecule has 56 heavy (non-hydrogen) atoms. The molecule has 0 unspecified atom stereocenters. The zero-order valence-corrected chi connectivity index (χ0v) is 30.5. The maximum Gasteiger partial charge on any atom is 0.164 e. The summed E-state index contributed by atoms with van der Waals surface area (Å²) in [6.45, 7) is 0. The molecule has 266 valence electrons. The first-order chi connectivity index (χ1) is 27.7. The highest BCUT2D eigenvalue weighted by Crippen LogP contribution is 2.36. The van der Waals surface area contributed by atoms with Crippen molar-refractivity contribution in [1.29, 1.82) is 5.26 Å². The highest BCUT2D eigenvalue weighted by molar-refractivity contribution is 5.85. The van der Waals surface area contributed by atoms with Crippen molar-refractivity contribution in [2.45, 2.75) is 25.7 Å². The summed E-state index contributed by atoms with van der Waals surface area (Å²) in [5.74, 6) is 3.72. The number of allylic oxidation sites excluding steroid dienone is 2. The number of aromatic nitrogens is 6. The smallest absolute Gasteiger partial charge is 0.164 e. The normalized spacial score (nSPS) is 12.4. The Labute approximate surface area is 325 Å². The third kappa shape index (κ3) is 7.24. The zero-order valence-electron chi connectivity index (χ0n) is 30.5. The van der Waals surface area contributed by atoms with Gasteiger partial charge in [-0.25, -0.2) is 29.9 Å². The quantitative estimate of drug-likeness (QED) is 0.154. The van der Waals surface area contributed by atoms with Crippen LogP contribution in [0.2, 0.25) is 0 Å². The average molecular weight is 722 g/mol. The number of hydrogen-bond acceptors (Lipinski definition) is 7. The maximum absolute atomic E-state index is 10.3. The van der Waals surface area contributed by atoms with Crippen LogP contribution in [-0.4, -0.2) is 29.9 Å². The van der Waals surface area contributed by atoms with E-state index in [0.717, 1.165) is 80.7 Å². The molecule has 8 aromatic rings. The third-order valence-corrected chi connectivity index (χ3v) is 9.94. The summed E-state index contributed by atoms with van der Waals surface area (Å²) in [6, 6.07) is 54.6. The molecule has 0 atom stereocenters. The lowest BCUT2D eigenvalue weighted by atomic mass is 9.93. The fraction of sp³-hybridized carbons (Fsp3) is 0.0816. The number of hydrogen-bond donors (Lipinski definition) is 0. The van der Waals surface area contributed by atoms with E-state index >= 15 is 0 Å². The van der Waals surface area contributed by atoms with Crippen molar-refractivity contribution in [3.05, 3.63) is 175 Å². The van der Waals surface area contributed by atoms with Crippen molar-refractivity contribution in [3.63, 3.8) is 0 Å². The molecule has 0 amide bonds. The Hall–Kier alpha value is -7.43. The van der Waals surface area contributed by atoms with Crippen molar-refractivity contribution in [2.75, 3.05) is 0 Å². The van der Waals surface area contributed by atoms with Gasteiger partial charge in [-0.15, -0.1) is 0 Å². The molecule has 0 fully saturated rings. The van der Waals surface area contributed by atoms with Crippen LogP contribution in [0.3, 0.4) is 0 Å². The molecule has 1 aliphatic carbocycles. The molecule has 0 spiro atoms. The molecular weight excluding hydrogens is 687 g/mol. The van der Waals surface area contributed by atoms with E-state index < -0.39 is 0 Å². The molecule has 7 nitrogen and oxygen atoms in total. The first kappa shape index (κ1) is 34.3. The standard InChI is InChI=1S/C49H35N7/c50-32-33-28-40(38-24-15-25-39(30-38)48-53-44(34-16-5-1-6-17-34)51-45(54-48)35-18-7-2-8-19-35)31-41(29-33)42-26-13-14-27-43(42)49-55-46(36-20-9-3-10-21-36)52-47(56-49)37-22-11-4-12-23-37/h1-3,5-10,13-22,24-31H,4,11-12,23H2. The lowest BCUT2D eigenvalue weighted by Crippen LogP contribution is -2.05. The Morgan fingerprint density at radius 2 is 0.839 bits per heavy atom. The van der Waals surface area contributed by atoms with Crippen molar-refractivity contribution >= 4 is 5.57 Å². The second-order valence-electron chi connectivity index (χ2n) is 13.7. The molecule has 1 aliphatic rings. The monoisotopic (exact) mass is 721 g/mol. The van der Waals surface area contributed by atoms with Crippen LogP contribution in [0.1, 0.15) is 37.1 Å². The van der Waals surface area contributed by atoms with E-state index in [4.69, 9.17) is 29.9 Å². The van der Waals surface area contributed by atoms with Crippen molar-refractivity contribution in [2.24, 2.45) is 0 Å². The molecule has 9 rings (SSSR count). The Kier molecular flexibility index (Phi) is 9.51. The topological polar surface area (TPSA) is 101 Å². The summed E-state index contributed by atoms with van der Waals surface area (Å²) >= 11 is 0. The van der Waals surface area contributed by atoms with Crippen LogP contribution in [0.5, 0.6) is 0 Å². The molecular formula is C49H35N7. The van der Waals surface area contributed by atoms with Crippen LogP contribution < -0.4 is 0 Å². The number of rotatable bonds is 8. The predicted molar refractivity (Wildman–Crippen MR) is 222 cm³/mol. The second kappa shape index (κ2) is 15.5. The maximum atomic E-state index is 10.3. The summed E-state index contributed by atoms with van der Waals surface area (Å²) in [7, 11) is 0. The second-order valence-corrected chi connectivity index (χ2v) is 13.7. The minimum Gasteiger partial charge on any atom is -0.209 e. The van der Waals surface area contributed by atoms with Gasteiger partial charge in [-0.05, 0) is 77.8 Å². The lowest BCUT2D eigenvalue weighted by Gasteiger charge is -2.15. The van der Waals surface area contributed by atoms with Crippen molar-refractivity contribution in [1.82, 2.24) is 29.9 Å². The molecule has 0 aliphatic heterocycles. The molecule has 0 radical (unpaired) electrons. The van der Waals surface area contributed by atoms with Gasteiger partial charge in [-0.2, -0.15) is 5.26 Å². The molecule has 7 heteroatoms. The van der Waals surface area contributed by atoms with Gasteiger partial charge >= 0.3 is 0 Å². The molecule has 0 bridgehead atoms. The van der Waals surface area contributed by atoms with Crippen molar-refractivity contribution in [3.8, 4) is 85.3 Å². The van der Waals surface area contributed by atoms with E-state index in [1.807, 2.05) is 133 Å². The Balaban J connectivity index is 1.15. The van der Waals surface area contributed by atoms with E-state index in [-0.39, 0.29) is 0 Å². The van der Waals surface area contributed by atoms with E-state index in [1.165, 1.54) is 6.42 Å². The molecule has 2 heterocycles. The van der Waals surface area contributed by atoms with Gasteiger partial charge in [0.25, 0.3) is 0 Å². The van der Waals surface area contributed by atoms with Crippen molar-refractivity contribution < 1.29 is 0 Å². The Bertz CT molecular complexity index is 2700. The van der Waals surface area contributed by atoms with E-state index in [9.17, 15) is 5.26 Å². The third-order valence-electron chi connectivity index (χ3n) is 9.94. The van der Waals surface area contributed by atoms with Gasteiger partial charge in [-0.1, -0.05) is 140 Å². The van der Waals surface area contributed by atoms with Gasteiger partial charge in [0.15, 0.2) is 34.9 Å². The zero-order chi connectivity index (χ0) is 37.7. The SMILES string of the molecule is N#Cc1cc(-c2cccc(-c3nc(-c4ccccc4)nc(-c4ccccc4)n3)c2)cc(-c2ccccc2-c2nc(C3=CCCCC3)nc(-c3ccccc3)n2)c1. The van der Waals surface area contributed by atoms with E-state index in [1.54, 1.807) is 0 Å². The fourth-order valence-corrected chi connectivity index (χ4v) is 7.12. The Morgan fingerprint density at radius 3 is 1.43 bits per heavy atom. The summed E-state index contributed by atoms with van der Waals surface area (Å²) in [6.07, 6.45) is 6.52. The van der Waals surface area contributed by atoms with E-state index in [2.05, 4.69) is 36.4 Å². The summed E-state index contributed by atoms with van der Waals surface area (Å²) in [5.41, 5.74) is 9.80. The number of nitrogens with zero attached hydrogens (tertiary/aromatic N) is 7. The lowest BCUT2D eigenvalue weighted by molar-refractivity contribution is 0.736. The highest BCUT2D eigenvalue weighted by atomic mass is 15.0. The average Bonchev–Trinajstić information content (AvgIpc) is 3.29. The number of nitriles is 1. The first-order valence-electron chi connectivity index (χ1n) is 18.8. The molecule has 6 aromatic carbocycles. The minimum absolute atomic E-state index is 0.546. The van der Waals surface area contributed by atoms with Crippen LogP contribution in [-0.2, 0) is 0 Å². The minimum atomic E-state index is 0.546. The summed E-state index contributed by atoms with van der Waals surface area (Å²) < 4.78 is 0. The van der Waals surface area contributed by atoms with Gasteiger partial charge in [0.1, 0.15) is 0 Å². The molecule has 0 N–H and O–H groups in total. The highest BCUT2D eigenvalue weighted by Gasteiger charge is 2.19. The molecule has 2 aromatic heterocycles. The molecule has 0 saturated heterocycles. The van der Waals surface area contributed by atoms with Crippen LogP contribution in [0.15, 0.2) is 164 Å². The largest absolute Gasteiger partial charge is 0.209 e. The number of benzene rings is 6. The van der Waals surface area contributed by atoms with Gasteiger partial charge < -0.3 is 0 Å². The van der Waals surface area contributed by atoms with Gasteiger partial charge in [0.05, 0.1) is 11.6 Å². The van der Waals surface area contributed by atoms with Gasteiger partial charge in [0, 0.05) is 27.8 Å². The van der Waals surface area contributed by atoms with Crippen LogP contribution >= 0.6 is 0 Å². The molecule has 0 saturated carbocycles. The van der Waals surface area contributed by atoms with E-state index in [0.29, 0.717) is 34.7 Å². The van der Waals surface area contributed by atoms with Crippen LogP contribution in [0.4, 0.5) is 0 Å². The van der Waals surface area contributed by atoms with Crippen LogP contribution in [0.25, 0.3) is 84.8 Å².